The molecule has 1 aliphatic carbocycles. The zero-order chi connectivity index (χ0) is 13.1. The minimum Gasteiger partial charge on any atom is -0.355 e. The average molecular weight is 269 g/mol. The van der Waals surface area contributed by atoms with Crippen LogP contribution >= 0.6 is 11.8 Å². The summed E-state index contributed by atoms with van der Waals surface area (Å²) in [5, 5.41) is 11.7. The summed E-state index contributed by atoms with van der Waals surface area (Å²) < 4.78 is 2.08. The minimum atomic E-state index is -0.169. The highest BCUT2D eigenvalue weighted by Gasteiger charge is 2.30. The lowest BCUT2D eigenvalue weighted by Crippen LogP contribution is -2.30. The van der Waals surface area contributed by atoms with Gasteiger partial charge in [-0.15, -0.1) is 10.2 Å². The molecular weight excluding hydrogens is 250 g/mol. The fourth-order valence-corrected chi connectivity index (χ4v) is 2.72. The summed E-state index contributed by atoms with van der Waals surface area (Å²) in [6.07, 6.45) is 2.29. The molecule has 1 aliphatic rings. The number of hydrogen-bond acceptors (Lipinski definition) is 5. The van der Waals surface area contributed by atoms with Gasteiger partial charge >= 0.3 is 0 Å². The Morgan fingerprint density at radius 3 is 2.89 bits per heavy atom. The molecule has 18 heavy (non-hydrogen) atoms. The number of amides is 1. The summed E-state index contributed by atoms with van der Waals surface area (Å²) in [5.74, 6) is 0.838. The van der Waals surface area contributed by atoms with E-state index in [0.717, 1.165) is 23.8 Å². The lowest BCUT2D eigenvalue weighted by Gasteiger charge is -2.12. The van der Waals surface area contributed by atoms with Crippen LogP contribution in [0.15, 0.2) is 5.16 Å². The van der Waals surface area contributed by atoms with Crippen LogP contribution in [-0.2, 0) is 11.3 Å². The van der Waals surface area contributed by atoms with Gasteiger partial charge in [0.1, 0.15) is 5.82 Å². The van der Waals surface area contributed by atoms with Crippen molar-refractivity contribution in [3.8, 4) is 0 Å². The van der Waals surface area contributed by atoms with Gasteiger partial charge in [0.15, 0.2) is 5.16 Å². The van der Waals surface area contributed by atoms with Crippen LogP contribution < -0.4 is 11.1 Å². The molecule has 0 radical (unpaired) electrons. The molecule has 1 aromatic heterocycles. The summed E-state index contributed by atoms with van der Waals surface area (Å²) in [7, 11) is 0. The fourth-order valence-electron chi connectivity index (χ4n) is 1.76. The number of nitrogens with one attached hydrogen (secondary N) is 1. The van der Waals surface area contributed by atoms with Gasteiger partial charge in [0.2, 0.25) is 5.91 Å². The van der Waals surface area contributed by atoms with E-state index in [1.807, 2.05) is 13.8 Å². The zero-order valence-corrected chi connectivity index (χ0v) is 11.5. The van der Waals surface area contributed by atoms with Gasteiger partial charge in [0.05, 0.1) is 11.8 Å². The second-order valence-electron chi connectivity index (χ2n) is 4.36. The van der Waals surface area contributed by atoms with Crippen LogP contribution in [0, 0.1) is 0 Å². The van der Waals surface area contributed by atoms with Crippen molar-refractivity contribution in [1.82, 2.24) is 20.1 Å². The van der Waals surface area contributed by atoms with Gasteiger partial charge in [0, 0.05) is 12.6 Å². The highest BCUT2D eigenvalue weighted by atomic mass is 32.2. The van der Waals surface area contributed by atoms with E-state index in [-0.39, 0.29) is 11.2 Å². The first-order valence-corrected chi connectivity index (χ1v) is 7.13. The molecule has 0 aliphatic heterocycles. The number of rotatable bonds is 6. The first-order valence-electron chi connectivity index (χ1n) is 6.25. The lowest BCUT2D eigenvalue weighted by atomic mass is 10.4. The predicted octanol–water partition coefficient (Wildman–Crippen LogP) is 0.688. The zero-order valence-electron chi connectivity index (χ0n) is 10.7. The molecule has 1 amide bonds. The van der Waals surface area contributed by atoms with E-state index in [9.17, 15) is 4.79 Å². The third-order valence-electron chi connectivity index (χ3n) is 2.83. The minimum absolute atomic E-state index is 0.0298. The van der Waals surface area contributed by atoms with Crippen LogP contribution in [0.4, 0.5) is 0 Å². The first-order chi connectivity index (χ1) is 8.67. The highest BCUT2D eigenvalue weighted by molar-refractivity contribution is 8.00. The third-order valence-corrected chi connectivity index (χ3v) is 3.89. The van der Waals surface area contributed by atoms with Crippen molar-refractivity contribution in [2.75, 3.05) is 6.54 Å². The maximum Gasteiger partial charge on any atom is 0.233 e. The Hall–Kier alpha value is -1.08. The van der Waals surface area contributed by atoms with E-state index < -0.39 is 0 Å². The van der Waals surface area contributed by atoms with Gasteiger partial charge in [-0.05, 0) is 26.7 Å². The Bertz CT molecular complexity index is 429. The van der Waals surface area contributed by atoms with Crippen LogP contribution in [0.2, 0.25) is 0 Å². The number of aromatic nitrogens is 3. The molecule has 1 aromatic rings. The number of carbonyl (C=O) groups is 1. The Kier molecular flexibility index (Phi) is 4.23. The molecule has 0 aromatic carbocycles. The second kappa shape index (κ2) is 5.71. The largest absolute Gasteiger partial charge is 0.355 e. The predicted molar refractivity (Wildman–Crippen MR) is 70.2 cm³/mol. The molecular formula is C11H19N5OS. The molecule has 1 saturated carbocycles. The van der Waals surface area contributed by atoms with Gasteiger partial charge in [0.25, 0.3) is 0 Å². The summed E-state index contributed by atoms with van der Waals surface area (Å²) in [4.78, 5) is 11.7. The van der Waals surface area contributed by atoms with E-state index in [1.165, 1.54) is 11.8 Å². The molecule has 0 bridgehead atoms. The quantitative estimate of drug-likeness (QED) is 0.742. The molecule has 1 fully saturated rings. The van der Waals surface area contributed by atoms with Crippen LogP contribution in [0.5, 0.6) is 0 Å². The molecule has 0 spiro atoms. The summed E-state index contributed by atoms with van der Waals surface area (Å²) in [6.45, 7) is 4.82. The maximum absolute atomic E-state index is 11.7. The van der Waals surface area contributed by atoms with E-state index in [4.69, 9.17) is 5.73 Å². The smallest absolute Gasteiger partial charge is 0.233 e. The highest BCUT2D eigenvalue weighted by Crippen LogP contribution is 2.39. The maximum atomic E-state index is 11.7. The van der Waals surface area contributed by atoms with Crippen molar-refractivity contribution in [3.63, 3.8) is 0 Å². The van der Waals surface area contributed by atoms with Crippen LogP contribution in [-0.4, -0.2) is 32.5 Å². The van der Waals surface area contributed by atoms with Crippen LogP contribution in [0.3, 0.4) is 0 Å². The van der Waals surface area contributed by atoms with Crippen molar-refractivity contribution in [2.24, 2.45) is 5.73 Å². The van der Waals surface area contributed by atoms with Crippen LogP contribution in [0.1, 0.15) is 38.6 Å². The number of hydrogen-bond donors (Lipinski definition) is 2. The number of carbonyl (C=O) groups excluding carboxylic acids is 1. The molecule has 3 N–H and O–H groups in total. The SMILES string of the molecule is CCNC(=O)C(C)Sc1nnc(CN)n1C1CC1. The van der Waals surface area contributed by atoms with Gasteiger partial charge in [-0.2, -0.15) is 0 Å². The molecule has 1 unspecified atom stereocenters. The van der Waals surface area contributed by atoms with Gasteiger partial charge in [-0.1, -0.05) is 11.8 Å². The summed E-state index contributed by atoms with van der Waals surface area (Å²) in [5.41, 5.74) is 5.66. The Labute approximate surface area is 111 Å². The van der Waals surface area contributed by atoms with E-state index >= 15 is 0 Å². The average Bonchev–Trinajstić information content (AvgIpc) is 3.11. The summed E-state index contributed by atoms with van der Waals surface area (Å²) >= 11 is 1.44. The number of thioether (sulfide) groups is 1. The van der Waals surface area contributed by atoms with Gasteiger partial charge in [-0.25, -0.2) is 0 Å². The van der Waals surface area contributed by atoms with E-state index in [1.54, 1.807) is 0 Å². The van der Waals surface area contributed by atoms with Crippen molar-refractivity contribution in [1.29, 1.82) is 0 Å². The molecule has 6 nitrogen and oxygen atoms in total. The Morgan fingerprint density at radius 1 is 1.61 bits per heavy atom. The van der Waals surface area contributed by atoms with E-state index in [0.29, 0.717) is 19.1 Å². The normalized spacial score (nSPS) is 16.6. The molecule has 100 valence electrons. The van der Waals surface area contributed by atoms with Gasteiger partial charge in [-0.3, -0.25) is 4.79 Å². The van der Waals surface area contributed by atoms with Crippen molar-refractivity contribution in [2.45, 2.75) is 49.7 Å². The Balaban J connectivity index is 2.09. The van der Waals surface area contributed by atoms with Crippen LogP contribution in [0.25, 0.3) is 0 Å². The summed E-state index contributed by atoms with van der Waals surface area (Å²) in [6, 6.07) is 0.475. The monoisotopic (exact) mass is 269 g/mol. The topological polar surface area (TPSA) is 85.8 Å². The van der Waals surface area contributed by atoms with E-state index in [2.05, 4.69) is 20.1 Å². The Morgan fingerprint density at radius 2 is 2.33 bits per heavy atom. The van der Waals surface area contributed by atoms with Crippen molar-refractivity contribution < 1.29 is 4.79 Å². The molecule has 1 atom stereocenters. The van der Waals surface area contributed by atoms with Crippen molar-refractivity contribution in [3.05, 3.63) is 5.82 Å². The lowest BCUT2D eigenvalue weighted by molar-refractivity contribution is -0.120. The van der Waals surface area contributed by atoms with Crippen molar-refractivity contribution >= 4 is 17.7 Å². The molecule has 2 rings (SSSR count). The molecule has 1 heterocycles. The fraction of sp³-hybridized carbons (Fsp3) is 0.727. The molecule has 7 heteroatoms. The third kappa shape index (κ3) is 2.84. The van der Waals surface area contributed by atoms with Gasteiger partial charge < -0.3 is 15.6 Å². The standard InChI is InChI=1S/C11H19N5OS/c1-3-13-10(17)7(2)18-11-15-14-9(6-12)16(11)8-4-5-8/h7-8H,3-6,12H2,1-2H3,(H,13,17). The molecule has 0 saturated heterocycles. The first kappa shape index (κ1) is 13.4. The number of nitrogens with two attached hydrogens (primary N) is 1. The second-order valence-corrected chi connectivity index (χ2v) is 5.67. The number of nitrogens with zero attached hydrogens (tertiary/aromatic N) is 3.